The zero-order valence-electron chi connectivity index (χ0n) is 14.5. The second kappa shape index (κ2) is 7.81. The summed E-state index contributed by atoms with van der Waals surface area (Å²) in [5, 5.41) is 4.83. The van der Waals surface area contributed by atoms with Crippen molar-refractivity contribution in [3.63, 3.8) is 0 Å². The summed E-state index contributed by atoms with van der Waals surface area (Å²) in [6, 6.07) is 14.9. The molecule has 0 spiro atoms. The third-order valence-corrected chi connectivity index (χ3v) is 5.07. The predicted molar refractivity (Wildman–Crippen MR) is 100 cm³/mol. The van der Waals surface area contributed by atoms with Gasteiger partial charge in [0.2, 0.25) is 0 Å². The van der Waals surface area contributed by atoms with Crippen LogP contribution in [0, 0.1) is 0 Å². The minimum Gasteiger partial charge on any atom is -0.468 e. The first-order chi connectivity index (χ1) is 12.4. The SMILES string of the molecule is c1coc(C(CNCc2cccc3cccnc23)N2CCCCC2)c1. The smallest absolute Gasteiger partial charge is 0.122 e. The molecule has 3 aromatic rings. The number of fused-ring (bicyclic) bond motifs is 1. The highest BCUT2D eigenvalue weighted by molar-refractivity contribution is 5.81. The summed E-state index contributed by atoms with van der Waals surface area (Å²) in [6.07, 6.45) is 7.55. The first-order valence-corrected chi connectivity index (χ1v) is 9.22. The number of hydrogen-bond acceptors (Lipinski definition) is 4. The molecule has 0 saturated carbocycles. The van der Waals surface area contributed by atoms with Crippen LogP contribution in [-0.2, 0) is 6.54 Å². The standard InChI is InChI=1S/C21H25N3O/c1-2-12-24(13-3-1)19(20-10-6-14-25-20)16-22-15-18-8-4-7-17-9-5-11-23-21(17)18/h4-11,14,19,22H,1-3,12-13,15-16H2. The fraction of sp³-hybridized carbons (Fsp3) is 0.381. The fourth-order valence-electron chi connectivity index (χ4n) is 3.77. The zero-order chi connectivity index (χ0) is 16.9. The van der Waals surface area contributed by atoms with Crippen LogP contribution in [0.2, 0.25) is 0 Å². The van der Waals surface area contributed by atoms with Crippen LogP contribution in [-0.4, -0.2) is 29.5 Å². The van der Waals surface area contributed by atoms with Crippen LogP contribution in [0.25, 0.3) is 10.9 Å². The summed E-state index contributed by atoms with van der Waals surface area (Å²) in [5.74, 6) is 1.06. The molecular weight excluding hydrogens is 310 g/mol. The van der Waals surface area contributed by atoms with E-state index in [1.807, 2.05) is 18.3 Å². The van der Waals surface area contributed by atoms with Gasteiger partial charge >= 0.3 is 0 Å². The summed E-state index contributed by atoms with van der Waals surface area (Å²) < 4.78 is 5.73. The second-order valence-electron chi connectivity index (χ2n) is 6.75. The van der Waals surface area contributed by atoms with Crippen LogP contribution in [0.3, 0.4) is 0 Å². The molecule has 2 aromatic heterocycles. The molecule has 1 N–H and O–H groups in total. The lowest BCUT2D eigenvalue weighted by atomic mass is 10.1. The molecule has 1 unspecified atom stereocenters. The van der Waals surface area contributed by atoms with Gasteiger partial charge in [-0.15, -0.1) is 0 Å². The Morgan fingerprint density at radius 3 is 2.76 bits per heavy atom. The van der Waals surface area contributed by atoms with Crippen molar-refractivity contribution in [2.24, 2.45) is 0 Å². The number of hydrogen-bond donors (Lipinski definition) is 1. The Bertz CT molecular complexity index is 789. The Morgan fingerprint density at radius 2 is 1.92 bits per heavy atom. The maximum absolute atomic E-state index is 5.73. The number of likely N-dealkylation sites (tertiary alicyclic amines) is 1. The van der Waals surface area contributed by atoms with Gasteiger partial charge in [-0.2, -0.15) is 0 Å². The van der Waals surface area contributed by atoms with Crippen LogP contribution >= 0.6 is 0 Å². The second-order valence-corrected chi connectivity index (χ2v) is 6.75. The zero-order valence-corrected chi connectivity index (χ0v) is 14.5. The number of pyridine rings is 1. The number of aromatic nitrogens is 1. The summed E-state index contributed by atoms with van der Waals surface area (Å²) >= 11 is 0. The highest BCUT2D eigenvalue weighted by Gasteiger charge is 2.24. The molecular formula is C21H25N3O. The van der Waals surface area contributed by atoms with Gasteiger partial charge in [0.15, 0.2) is 0 Å². The molecule has 1 saturated heterocycles. The normalized spacial score (nSPS) is 17.0. The third kappa shape index (κ3) is 3.75. The Hall–Kier alpha value is -2.17. The van der Waals surface area contributed by atoms with E-state index in [-0.39, 0.29) is 0 Å². The van der Waals surface area contributed by atoms with Gasteiger partial charge < -0.3 is 9.73 Å². The molecule has 1 atom stereocenters. The van der Waals surface area contributed by atoms with Gasteiger partial charge in [-0.3, -0.25) is 9.88 Å². The van der Waals surface area contributed by atoms with Crippen molar-refractivity contribution in [3.8, 4) is 0 Å². The molecule has 1 aliphatic rings. The van der Waals surface area contributed by atoms with Crippen LogP contribution in [0.1, 0.15) is 36.6 Å². The molecule has 1 fully saturated rings. The van der Waals surface area contributed by atoms with Gasteiger partial charge in [0.25, 0.3) is 0 Å². The molecule has 0 radical (unpaired) electrons. The van der Waals surface area contributed by atoms with Gasteiger partial charge in [-0.05, 0) is 49.7 Å². The average Bonchev–Trinajstić information content (AvgIpc) is 3.20. The monoisotopic (exact) mass is 335 g/mol. The average molecular weight is 335 g/mol. The number of benzene rings is 1. The number of rotatable bonds is 6. The topological polar surface area (TPSA) is 41.3 Å². The molecule has 0 aliphatic carbocycles. The van der Waals surface area contributed by atoms with E-state index in [1.165, 1.54) is 30.2 Å². The Kier molecular flexibility index (Phi) is 5.09. The van der Waals surface area contributed by atoms with Gasteiger partial charge in [-0.25, -0.2) is 0 Å². The van der Waals surface area contributed by atoms with Gasteiger partial charge in [0.1, 0.15) is 5.76 Å². The summed E-state index contributed by atoms with van der Waals surface area (Å²) in [4.78, 5) is 7.10. The molecule has 4 rings (SSSR count). The first kappa shape index (κ1) is 16.3. The van der Waals surface area contributed by atoms with Crippen molar-refractivity contribution in [2.75, 3.05) is 19.6 Å². The number of piperidine rings is 1. The van der Waals surface area contributed by atoms with Crippen LogP contribution in [0.5, 0.6) is 0 Å². The third-order valence-electron chi connectivity index (χ3n) is 5.07. The lowest BCUT2D eigenvalue weighted by molar-refractivity contribution is 0.142. The van der Waals surface area contributed by atoms with Crippen molar-refractivity contribution in [1.29, 1.82) is 0 Å². The number of nitrogens with zero attached hydrogens (tertiary/aromatic N) is 2. The Morgan fingerprint density at radius 1 is 1.04 bits per heavy atom. The van der Waals surface area contributed by atoms with E-state index in [1.54, 1.807) is 6.26 Å². The van der Waals surface area contributed by atoms with Crippen molar-refractivity contribution < 1.29 is 4.42 Å². The van der Waals surface area contributed by atoms with Crippen LogP contribution < -0.4 is 5.32 Å². The minimum atomic E-state index is 0.304. The van der Waals surface area contributed by atoms with E-state index in [0.29, 0.717) is 6.04 Å². The minimum absolute atomic E-state index is 0.304. The molecule has 4 nitrogen and oxygen atoms in total. The Labute approximate surface area is 148 Å². The molecule has 130 valence electrons. The summed E-state index contributed by atoms with van der Waals surface area (Å²) in [7, 11) is 0. The van der Waals surface area contributed by atoms with Crippen molar-refractivity contribution in [3.05, 3.63) is 66.2 Å². The number of furan rings is 1. The largest absolute Gasteiger partial charge is 0.468 e. The molecule has 1 aliphatic heterocycles. The number of para-hydroxylation sites is 1. The van der Waals surface area contributed by atoms with Crippen LogP contribution in [0.15, 0.2) is 59.3 Å². The quantitative estimate of drug-likeness (QED) is 0.735. The van der Waals surface area contributed by atoms with Gasteiger partial charge in [0, 0.05) is 24.7 Å². The van der Waals surface area contributed by atoms with Crippen molar-refractivity contribution in [2.45, 2.75) is 31.8 Å². The van der Waals surface area contributed by atoms with E-state index in [0.717, 1.165) is 37.5 Å². The van der Waals surface area contributed by atoms with Crippen LogP contribution in [0.4, 0.5) is 0 Å². The first-order valence-electron chi connectivity index (χ1n) is 9.22. The molecule has 0 amide bonds. The maximum atomic E-state index is 5.73. The molecule has 1 aromatic carbocycles. The molecule has 3 heterocycles. The number of nitrogens with one attached hydrogen (secondary N) is 1. The summed E-state index contributed by atoms with van der Waals surface area (Å²) in [6.45, 7) is 4.02. The van der Waals surface area contributed by atoms with E-state index in [4.69, 9.17) is 4.42 Å². The van der Waals surface area contributed by atoms with E-state index in [2.05, 4.69) is 45.5 Å². The van der Waals surface area contributed by atoms with E-state index < -0.39 is 0 Å². The highest BCUT2D eigenvalue weighted by Crippen LogP contribution is 2.25. The fourth-order valence-corrected chi connectivity index (χ4v) is 3.77. The molecule has 4 heteroatoms. The lowest BCUT2D eigenvalue weighted by Crippen LogP contribution is -2.38. The Balaban J connectivity index is 1.46. The van der Waals surface area contributed by atoms with Crippen molar-refractivity contribution in [1.82, 2.24) is 15.2 Å². The molecule has 0 bridgehead atoms. The maximum Gasteiger partial charge on any atom is 0.122 e. The van der Waals surface area contributed by atoms with E-state index in [9.17, 15) is 0 Å². The summed E-state index contributed by atoms with van der Waals surface area (Å²) in [5.41, 5.74) is 2.33. The molecule has 25 heavy (non-hydrogen) atoms. The predicted octanol–water partition coefficient (Wildman–Crippen LogP) is 4.14. The van der Waals surface area contributed by atoms with Gasteiger partial charge in [0.05, 0.1) is 17.8 Å². The van der Waals surface area contributed by atoms with Gasteiger partial charge in [-0.1, -0.05) is 30.7 Å². The van der Waals surface area contributed by atoms with Crippen molar-refractivity contribution >= 4 is 10.9 Å². The lowest BCUT2D eigenvalue weighted by Gasteiger charge is -2.33. The highest BCUT2D eigenvalue weighted by atomic mass is 16.3. The van der Waals surface area contributed by atoms with E-state index >= 15 is 0 Å².